The molecule has 0 spiro atoms. The number of urea groups is 1. The highest BCUT2D eigenvalue weighted by Crippen LogP contribution is 2.12. The van der Waals surface area contributed by atoms with Crippen molar-refractivity contribution in [2.45, 2.75) is 12.5 Å². The zero-order valence-electron chi connectivity index (χ0n) is 11.0. The first-order chi connectivity index (χ1) is 9.03. The van der Waals surface area contributed by atoms with Gasteiger partial charge in [0.25, 0.3) is 10.2 Å². The van der Waals surface area contributed by atoms with Gasteiger partial charge in [0, 0.05) is 39.3 Å². The predicted molar refractivity (Wildman–Crippen MR) is 68.9 cm³/mol. The maximum absolute atomic E-state index is 12.1. The quantitative estimate of drug-likeness (QED) is 0.667. The summed E-state index contributed by atoms with van der Waals surface area (Å²) in [4.78, 5) is 13.0. The average Bonchev–Trinajstić information content (AvgIpc) is 2.86. The number of carbonyl (C=O) groups excluding carboxylic acids is 1. The van der Waals surface area contributed by atoms with E-state index >= 15 is 0 Å². The van der Waals surface area contributed by atoms with E-state index in [0.717, 1.165) is 0 Å². The van der Waals surface area contributed by atoms with E-state index in [4.69, 9.17) is 4.74 Å². The Morgan fingerprint density at radius 2 is 1.95 bits per heavy atom. The van der Waals surface area contributed by atoms with E-state index in [0.29, 0.717) is 45.8 Å². The molecule has 2 heterocycles. The van der Waals surface area contributed by atoms with Crippen LogP contribution in [0.1, 0.15) is 6.42 Å². The van der Waals surface area contributed by atoms with Gasteiger partial charge in [-0.05, 0) is 6.42 Å². The van der Waals surface area contributed by atoms with Crippen molar-refractivity contribution in [3.8, 4) is 0 Å². The molecule has 2 rings (SSSR count). The van der Waals surface area contributed by atoms with Crippen LogP contribution < -0.4 is 10.0 Å². The molecule has 0 radical (unpaired) electrons. The Balaban J connectivity index is 1.89. The lowest BCUT2D eigenvalue weighted by Gasteiger charge is -2.27. The highest BCUT2D eigenvalue weighted by molar-refractivity contribution is 7.87. The molecule has 0 aromatic heterocycles. The Bertz CT molecular complexity index is 421. The van der Waals surface area contributed by atoms with E-state index in [1.54, 1.807) is 11.9 Å². The van der Waals surface area contributed by atoms with Crippen LogP contribution in [0.5, 0.6) is 0 Å². The minimum Gasteiger partial charge on any atom is -0.379 e. The van der Waals surface area contributed by atoms with Crippen molar-refractivity contribution in [1.82, 2.24) is 19.2 Å². The monoisotopic (exact) mass is 292 g/mol. The number of likely N-dealkylation sites (tertiary alicyclic amines) is 1. The Labute approximate surface area is 113 Å². The summed E-state index contributed by atoms with van der Waals surface area (Å²) < 4.78 is 33.4. The molecular formula is C10H20N4O4S. The Morgan fingerprint density at radius 1 is 1.26 bits per heavy atom. The summed E-state index contributed by atoms with van der Waals surface area (Å²) in [5, 5.41) is 2.54. The van der Waals surface area contributed by atoms with Crippen LogP contribution in [0, 0.1) is 0 Å². The van der Waals surface area contributed by atoms with Gasteiger partial charge in [0.1, 0.15) is 0 Å². The minimum atomic E-state index is -3.48. The highest BCUT2D eigenvalue weighted by atomic mass is 32.2. The largest absolute Gasteiger partial charge is 0.379 e. The number of rotatable bonds is 3. The van der Waals surface area contributed by atoms with Gasteiger partial charge in [-0.1, -0.05) is 0 Å². The smallest absolute Gasteiger partial charge is 0.317 e. The fourth-order valence-corrected chi connectivity index (χ4v) is 3.66. The molecule has 2 aliphatic rings. The summed E-state index contributed by atoms with van der Waals surface area (Å²) in [6, 6.07) is -0.391. The van der Waals surface area contributed by atoms with Crippen LogP contribution in [0.25, 0.3) is 0 Å². The molecular weight excluding hydrogens is 272 g/mol. The second-order valence-electron chi connectivity index (χ2n) is 4.62. The maximum Gasteiger partial charge on any atom is 0.317 e. The van der Waals surface area contributed by atoms with Crippen molar-refractivity contribution < 1.29 is 17.9 Å². The lowest BCUT2D eigenvalue weighted by Crippen LogP contribution is -2.50. The van der Waals surface area contributed by atoms with Crippen molar-refractivity contribution >= 4 is 16.2 Å². The molecule has 1 atom stereocenters. The second kappa shape index (κ2) is 6.04. The summed E-state index contributed by atoms with van der Waals surface area (Å²) in [5.74, 6) is 0. The summed E-state index contributed by atoms with van der Waals surface area (Å²) in [6.07, 6.45) is 0.636. The molecule has 2 fully saturated rings. The number of morpholine rings is 1. The maximum atomic E-state index is 12.1. The van der Waals surface area contributed by atoms with Crippen LogP contribution >= 0.6 is 0 Å². The fourth-order valence-electron chi connectivity index (χ4n) is 2.27. The third-order valence-electron chi connectivity index (χ3n) is 3.31. The molecule has 19 heavy (non-hydrogen) atoms. The lowest BCUT2D eigenvalue weighted by atomic mass is 10.3. The first kappa shape index (κ1) is 14.5. The van der Waals surface area contributed by atoms with Gasteiger partial charge in [-0.3, -0.25) is 0 Å². The summed E-state index contributed by atoms with van der Waals surface area (Å²) in [6.45, 7) is 2.58. The lowest BCUT2D eigenvalue weighted by molar-refractivity contribution is 0.0723. The van der Waals surface area contributed by atoms with Gasteiger partial charge < -0.3 is 15.0 Å². The van der Waals surface area contributed by atoms with E-state index in [2.05, 4.69) is 10.0 Å². The molecule has 2 N–H and O–H groups in total. The highest BCUT2D eigenvalue weighted by Gasteiger charge is 2.32. The van der Waals surface area contributed by atoms with Crippen molar-refractivity contribution in [3.05, 3.63) is 0 Å². The Hall–Kier alpha value is -0.900. The van der Waals surface area contributed by atoms with Crippen molar-refractivity contribution in [3.63, 3.8) is 0 Å². The van der Waals surface area contributed by atoms with E-state index < -0.39 is 10.2 Å². The Morgan fingerprint density at radius 3 is 2.58 bits per heavy atom. The van der Waals surface area contributed by atoms with Crippen LogP contribution in [0.2, 0.25) is 0 Å². The van der Waals surface area contributed by atoms with Gasteiger partial charge >= 0.3 is 6.03 Å². The minimum absolute atomic E-state index is 0.173. The number of hydrogen-bond acceptors (Lipinski definition) is 4. The van der Waals surface area contributed by atoms with Crippen molar-refractivity contribution in [2.75, 3.05) is 46.4 Å². The zero-order valence-corrected chi connectivity index (χ0v) is 11.8. The molecule has 0 aliphatic carbocycles. The number of nitrogens with one attached hydrogen (secondary N) is 2. The zero-order chi connectivity index (χ0) is 13.9. The van der Waals surface area contributed by atoms with Crippen molar-refractivity contribution in [1.29, 1.82) is 0 Å². The molecule has 0 saturated carbocycles. The van der Waals surface area contributed by atoms with Gasteiger partial charge in [0.15, 0.2) is 0 Å². The van der Waals surface area contributed by atoms with E-state index in [1.165, 1.54) is 4.31 Å². The normalized spacial score (nSPS) is 25.5. The van der Waals surface area contributed by atoms with Crippen LogP contribution in [-0.4, -0.2) is 76.1 Å². The molecule has 0 unspecified atom stereocenters. The number of hydrogen-bond donors (Lipinski definition) is 2. The molecule has 0 aromatic carbocycles. The van der Waals surface area contributed by atoms with E-state index in [9.17, 15) is 13.2 Å². The summed E-state index contributed by atoms with van der Waals surface area (Å²) >= 11 is 0. The molecule has 0 bridgehead atoms. The van der Waals surface area contributed by atoms with Crippen LogP contribution in [-0.2, 0) is 14.9 Å². The number of nitrogens with zero attached hydrogens (tertiary/aromatic N) is 2. The predicted octanol–water partition coefficient (Wildman–Crippen LogP) is -1.43. The molecule has 2 aliphatic heterocycles. The summed E-state index contributed by atoms with van der Waals surface area (Å²) in [5.41, 5.74) is 0. The first-order valence-electron chi connectivity index (χ1n) is 6.35. The van der Waals surface area contributed by atoms with Gasteiger partial charge in [0.2, 0.25) is 0 Å². The number of ether oxygens (including phenoxy) is 1. The Kier molecular flexibility index (Phi) is 4.61. The van der Waals surface area contributed by atoms with Crippen molar-refractivity contribution in [2.24, 2.45) is 0 Å². The summed E-state index contributed by atoms with van der Waals surface area (Å²) in [7, 11) is -1.91. The molecule has 9 heteroatoms. The van der Waals surface area contributed by atoms with Crippen LogP contribution in [0.4, 0.5) is 4.79 Å². The third-order valence-corrected chi connectivity index (χ3v) is 4.99. The van der Waals surface area contributed by atoms with Crippen LogP contribution in [0.3, 0.4) is 0 Å². The average molecular weight is 292 g/mol. The number of amides is 2. The van der Waals surface area contributed by atoms with E-state index in [1.807, 2.05) is 0 Å². The third kappa shape index (κ3) is 3.56. The molecule has 2 amide bonds. The SMILES string of the molecule is CNC(=O)N1CC[C@H](NS(=O)(=O)N2CCOCC2)C1. The fraction of sp³-hybridized carbons (Fsp3) is 0.900. The first-order valence-corrected chi connectivity index (χ1v) is 7.79. The topological polar surface area (TPSA) is 91.0 Å². The van der Waals surface area contributed by atoms with Gasteiger partial charge in [0.05, 0.1) is 13.2 Å². The van der Waals surface area contributed by atoms with Crippen LogP contribution in [0.15, 0.2) is 0 Å². The molecule has 0 aromatic rings. The standard InChI is InChI=1S/C10H20N4O4S/c1-11-10(15)13-3-2-9(8-13)12-19(16,17)14-4-6-18-7-5-14/h9,12H,2-8H2,1H3,(H,11,15)/t9-/m0/s1. The van der Waals surface area contributed by atoms with Gasteiger partial charge in [-0.15, -0.1) is 0 Å². The molecule has 110 valence electrons. The van der Waals surface area contributed by atoms with E-state index in [-0.39, 0.29) is 12.1 Å². The van der Waals surface area contributed by atoms with Gasteiger partial charge in [-0.25, -0.2) is 4.79 Å². The number of carbonyl (C=O) groups is 1. The molecule has 2 saturated heterocycles. The molecule has 8 nitrogen and oxygen atoms in total. The van der Waals surface area contributed by atoms with Gasteiger partial charge in [-0.2, -0.15) is 17.4 Å². The second-order valence-corrected chi connectivity index (χ2v) is 6.32.